The molecule has 2 rings (SSSR count). The summed E-state index contributed by atoms with van der Waals surface area (Å²) in [6, 6.07) is 5.41. The van der Waals surface area contributed by atoms with Crippen LogP contribution in [0.15, 0.2) is 18.2 Å². The molecule has 0 saturated carbocycles. The van der Waals surface area contributed by atoms with Gasteiger partial charge in [-0.2, -0.15) is 0 Å². The number of alkyl halides is 1. The van der Waals surface area contributed by atoms with Gasteiger partial charge in [-0.25, -0.2) is 0 Å². The van der Waals surface area contributed by atoms with E-state index in [2.05, 4.69) is 5.32 Å². The fraction of sp³-hybridized carbons (Fsp3) is 0.462. The van der Waals surface area contributed by atoms with Crippen molar-refractivity contribution in [2.75, 3.05) is 24.4 Å². The molecule has 1 aliphatic heterocycles. The van der Waals surface area contributed by atoms with Gasteiger partial charge in [0.25, 0.3) is 0 Å². The van der Waals surface area contributed by atoms with Crippen LogP contribution in [0, 0.1) is 0 Å². The third kappa shape index (κ3) is 3.53. The predicted octanol–water partition coefficient (Wildman–Crippen LogP) is 2.81. The summed E-state index contributed by atoms with van der Waals surface area (Å²) in [4.78, 5) is 11.6. The second-order valence-electron chi connectivity index (χ2n) is 4.05. The highest BCUT2D eigenvalue weighted by molar-refractivity contribution is 6.17. The number of hydrogen-bond acceptors (Lipinski definition) is 3. The molecular formula is C13H16ClNO3. The van der Waals surface area contributed by atoms with Crippen molar-refractivity contribution < 1.29 is 14.3 Å². The SMILES string of the molecule is O=C(CCCCCl)Nc1ccc2c(c1)OCCO2. The maximum absolute atomic E-state index is 11.6. The molecule has 1 heterocycles. The minimum Gasteiger partial charge on any atom is -0.486 e. The summed E-state index contributed by atoms with van der Waals surface area (Å²) in [7, 11) is 0. The van der Waals surface area contributed by atoms with Gasteiger partial charge in [-0.1, -0.05) is 0 Å². The summed E-state index contributed by atoms with van der Waals surface area (Å²) in [6.07, 6.45) is 2.15. The van der Waals surface area contributed by atoms with Crippen LogP contribution in [0.1, 0.15) is 19.3 Å². The molecule has 4 nitrogen and oxygen atoms in total. The summed E-state index contributed by atoms with van der Waals surface area (Å²) < 4.78 is 10.9. The van der Waals surface area contributed by atoms with Gasteiger partial charge in [0.15, 0.2) is 11.5 Å². The predicted molar refractivity (Wildman–Crippen MR) is 70.6 cm³/mol. The van der Waals surface area contributed by atoms with E-state index in [1.54, 1.807) is 6.07 Å². The lowest BCUT2D eigenvalue weighted by Crippen LogP contribution is -2.16. The maximum atomic E-state index is 11.6. The molecule has 1 aliphatic rings. The van der Waals surface area contributed by atoms with E-state index >= 15 is 0 Å². The van der Waals surface area contributed by atoms with Gasteiger partial charge in [0.2, 0.25) is 5.91 Å². The van der Waals surface area contributed by atoms with Gasteiger partial charge in [0.1, 0.15) is 13.2 Å². The number of anilines is 1. The van der Waals surface area contributed by atoms with E-state index in [4.69, 9.17) is 21.1 Å². The number of unbranched alkanes of at least 4 members (excludes halogenated alkanes) is 1. The molecule has 0 radical (unpaired) electrons. The van der Waals surface area contributed by atoms with Crippen LogP contribution in [0.3, 0.4) is 0 Å². The van der Waals surface area contributed by atoms with Crippen molar-refractivity contribution in [2.24, 2.45) is 0 Å². The lowest BCUT2D eigenvalue weighted by atomic mass is 10.2. The quantitative estimate of drug-likeness (QED) is 0.660. The summed E-state index contributed by atoms with van der Waals surface area (Å²) in [5.41, 5.74) is 0.732. The van der Waals surface area contributed by atoms with Crippen LogP contribution >= 0.6 is 11.6 Å². The van der Waals surface area contributed by atoms with Crippen molar-refractivity contribution in [2.45, 2.75) is 19.3 Å². The van der Waals surface area contributed by atoms with Gasteiger partial charge in [-0.3, -0.25) is 4.79 Å². The zero-order chi connectivity index (χ0) is 12.8. The lowest BCUT2D eigenvalue weighted by Gasteiger charge is -2.19. The summed E-state index contributed by atoms with van der Waals surface area (Å²) >= 11 is 5.56. The second kappa shape index (κ2) is 6.50. The molecule has 18 heavy (non-hydrogen) atoms. The van der Waals surface area contributed by atoms with Gasteiger partial charge in [0.05, 0.1) is 0 Å². The van der Waals surface area contributed by atoms with E-state index in [9.17, 15) is 4.79 Å². The van der Waals surface area contributed by atoms with E-state index in [1.165, 1.54) is 0 Å². The zero-order valence-corrected chi connectivity index (χ0v) is 10.8. The number of rotatable bonds is 5. The molecule has 0 unspecified atom stereocenters. The number of carbonyl (C=O) groups is 1. The first-order chi connectivity index (χ1) is 8.79. The van der Waals surface area contributed by atoms with Crippen molar-refractivity contribution in [3.05, 3.63) is 18.2 Å². The van der Waals surface area contributed by atoms with Crippen molar-refractivity contribution in [1.82, 2.24) is 0 Å². The van der Waals surface area contributed by atoms with E-state index in [0.717, 1.165) is 24.3 Å². The normalized spacial score (nSPS) is 13.2. The maximum Gasteiger partial charge on any atom is 0.224 e. The Morgan fingerprint density at radius 3 is 2.78 bits per heavy atom. The highest BCUT2D eigenvalue weighted by Gasteiger charge is 2.12. The molecule has 0 aliphatic carbocycles. The van der Waals surface area contributed by atoms with Crippen molar-refractivity contribution >= 4 is 23.2 Å². The Labute approximate surface area is 111 Å². The topological polar surface area (TPSA) is 47.6 Å². The van der Waals surface area contributed by atoms with Crippen LogP contribution in [-0.2, 0) is 4.79 Å². The molecule has 5 heteroatoms. The number of nitrogens with one attached hydrogen (secondary N) is 1. The standard InChI is InChI=1S/C13H16ClNO3/c14-6-2-1-3-13(16)15-10-4-5-11-12(9-10)18-8-7-17-11/h4-5,9H,1-3,6-8H2,(H,15,16). The molecule has 1 N–H and O–H groups in total. The van der Waals surface area contributed by atoms with E-state index in [0.29, 0.717) is 31.3 Å². The van der Waals surface area contributed by atoms with E-state index < -0.39 is 0 Å². The molecule has 0 saturated heterocycles. The van der Waals surface area contributed by atoms with Crippen LogP contribution < -0.4 is 14.8 Å². The molecule has 1 amide bonds. The molecule has 0 fully saturated rings. The highest BCUT2D eigenvalue weighted by atomic mass is 35.5. The Balaban J connectivity index is 1.91. The Kier molecular flexibility index (Phi) is 4.70. The van der Waals surface area contributed by atoms with E-state index in [-0.39, 0.29) is 5.91 Å². The number of amides is 1. The summed E-state index contributed by atoms with van der Waals surface area (Å²) in [5.74, 6) is 2.00. The Morgan fingerprint density at radius 2 is 2.00 bits per heavy atom. The first-order valence-electron chi connectivity index (χ1n) is 6.05. The van der Waals surface area contributed by atoms with Gasteiger partial charge in [-0.05, 0) is 25.0 Å². The van der Waals surface area contributed by atoms with Gasteiger partial charge < -0.3 is 14.8 Å². The van der Waals surface area contributed by atoms with Crippen LogP contribution in [0.25, 0.3) is 0 Å². The highest BCUT2D eigenvalue weighted by Crippen LogP contribution is 2.32. The first-order valence-corrected chi connectivity index (χ1v) is 6.58. The number of ether oxygens (including phenoxy) is 2. The van der Waals surface area contributed by atoms with Crippen molar-refractivity contribution in [3.63, 3.8) is 0 Å². The number of benzene rings is 1. The second-order valence-corrected chi connectivity index (χ2v) is 4.43. The molecule has 0 atom stereocenters. The minimum atomic E-state index is -0.00297. The van der Waals surface area contributed by atoms with Gasteiger partial charge in [0, 0.05) is 24.1 Å². The zero-order valence-electron chi connectivity index (χ0n) is 10.1. The summed E-state index contributed by atoms with van der Waals surface area (Å²) in [5, 5.41) is 2.83. The Bertz CT molecular complexity index is 423. The van der Waals surface area contributed by atoms with Crippen molar-refractivity contribution in [1.29, 1.82) is 0 Å². The lowest BCUT2D eigenvalue weighted by molar-refractivity contribution is -0.116. The van der Waals surface area contributed by atoms with Crippen LogP contribution in [0.5, 0.6) is 11.5 Å². The summed E-state index contributed by atoms with van der Waals surface area (Å²) in [6.45, 7) is 1.11. The number of carbonyl (C=O) groups excluding carboxylic acids is 1. The number of hydrogen-bond donors (Lipinski definition) is 1. The van der Waals surface area contributed by atoms with Crippen LogP contribution in [0.2, 0.25) is 0 Å². The number of fused-ring (bicyclic) bond motifs is 1. The van der Waals surface area contributed by atoms with Crippen LogP contribution in [-0.4, -0.2) is 25.0 Å². The molecule has 0 spiro atoms. The molecule has 0 aromatic heterocycles. The number of halogens is 1. The third-order valence-corrected chi connectivity index (χ3v) is 2.88. The minimum absolute atomic E-state index is 0.00297. The molecule has 0 bridgehead atoms. The Hall–Kier alpha value is -1.42. The fourth-order valence-corrected chi connectivity index (χ4v) is 1.91. The monoisotopic (exact) mass is 269 g/mol. The third-order valence-electron chi connectivity index (χ3n) is 2.61. The first kappa shape index (κ1) is 13.0. The molecular weight excluding hydrogens is 254 g/mol. The van der Waals surface area contributed by atoms with Gasteiger partial charge in [-0.15, -0.1) is 11.6 Å². The molecule has 1 aromatic rings. The average molecular weight is 270 g/mol. The fourth-order valence-electron chi connectivity index (χ4n) is 1.72. The van der Waals surface area contributed by atoms with Crippen molar-refractivity contribution in [3.8, 4) is 11.5 Å². The molecule has 1 aromatic carbocycles. The van der Waals surface area contributed by atoms with Gasteiger partial charge >= 0.3 is 0 Å². The smallest absolute Gasteiger partial charge is 0.224 e. The van der Waals surface area contributed by atoms with E-state index in [1.807, 2.05) is 12.1 Å². The average Bonchev–Trinajstić information content (AvgIpc) is 2.39. The Morgan fingerprint density at radius 1 is 1.22 bits per heavy atom. The largest absolute Gasteiger partial charge is 0.486 e. The molecule has 98 valence electrons. The van der Waals surface area contributed by atoms with Crippen LogP contribution in [0.4, 0.5) is 5.69 Å².